The fraction of sp³-hybridized carbons (Fsp3) is 0.923. The summed E-state index contributed by atoms with van der Waals surface area (Å²) in [4.78, 5) is 14.0. The van der Waals surface area contributed by atoms with Crippen LogP contribution in [0.5, 0.6) is 0 Å². The Morgan fingerprint density at radius 2 is 2.44 bits per heavy atom. The van der Waals surface area contributed by atoms with Gasteiger partial charge in [-0.05, 0) is 31.9 Å². The summed E-state index contributed by atoms with van der Waals surface area (Å²) >= 11 is 1.98. The molecule has 0 aromatic rings. The molecule has 18 heavy (non-hydrogen) atoms. The molecule has 2 aliphatic heterocycles. The molecule has 0 radical (unpaired) electrons. The Balaban J connectivity index is 1.77. The maximum Gasteiger partial charge on any atom is 0.317 e. The highest BCUT2D eigenvalue weighted by atomic mass is 32.2. The summed E-state index contributed by atoms with van der Waals surface area (Å²) in [5.41, 5.74) is -0.169. The summed E-state index contributed by atoms with van der Waals surface area (Å²) in [5, 5.41) is 3.68. The lowest BCUT2D eigenvalue weighted by Gasteiger charge is -2.40. The van der Waals surface area contributed by atoms with E-state index in [1.165, 1.54) is 18.6 Å². The van der Waals surface area contributed by atoms with Gasteiger partial charge in [0.2, 0.25) is 0 Å². The second-order valence-corrected chi connectivity index (χ2v) is 6.80. The molecule has 0 spiro atoms. The van der Waals surface area contributed by atoms with Gasteiger partial charge in [0.1, 0.15) is 0 Å². The second kappa shape index (κ2) is 6.15. The molecule has 2 fully saturated rings. The third-order valence-corrected chi connectivity index (χ3v) is 5.28. The molecule has 0 unspecified atom stereocenters. The van der Waals surface area contributed by atoms with Crippen molar-refractivity contribution in [2.75, 3.05) is 32.0 Å². The average Bonchev–Trinajstić information content (AvgIpc) is 2.89. The van der Waals surface area contributed by atoms with Crippen molar-refractivity contribution in [3.05, 3.63) is 0 Å². The first-order valence-corrected chi connectivity index (χ1v) is 7.96. The number of urea groups is 1. The molecule has 2 rings (SSSR count). The number of ether oxygens (including phenoxy) is 1. The van der Waals surface area contributed by atoms with Gasteiger partial charge in [-0.1, -0.05) is 6.92 Å². The van der Waals surface area contributed by atoms with Crippen molar-refractivity contribution in [3.63, 3.8) is 0 Å². The molecule has 0 aliphatic carbocycles. The van der Waals surface area contributed by atoms with Gasteiger partial charge in [-0.25, -0.2) is 4.79 Å². The maximum atomic E-state index is 12.1. The molecule has 0 aromatic carbocycles. The van der Waals surface area contributed by atoms with Gasteiger partial charge in [-0.3, -0.25) is 0 Å². The van der Waals surface area contributed by atoms with E-state index < -0.39 is 0 Å². The van der Waals surface area contributed by atoms with Crippen LogP contribution in [0, 0.1) is 0 Å². The first-order chi connectivity index (χ1) is 8.63. The normalized spacial score (nSPS) is 32.6. The topological polar surface area (TPSA) is 41.6 Å². The Bertz CT molecular complexity index is 295. The number of amides is 2. The Hall–Kier alpha value is -0.420. The molecule has 4 nitrogen and oxygen atoms in total. The van der Waals surface area contributed by atoms with Crippen molar-refractivity contribution in [1.82, 2.24) is 10.2 Å². The van der Waals surface area contributed by atoms with Crippen molar-refractivity contribution in [2.24, 2.45) is 0 Å². The zero-order valence-corrected chi connectivity index (χ0v) is 12.2. The molecule has 0 saturated carbocycles. The van der Waals surface area contributed by atoms with Crippen LogP contribution in [0.3, 0.4) is 0 Å². The van der Waals surface area contributed by atoms with E-state index in [4.69, 9.17) is 4.74 Å². The van der Waals surface area contributed by atoms with Crippen LogP contribution in [0.1, 0.15) is 33.1 Å². The quantitative estimate of drug-likeness (QED) is 0.855. The van der Waals surface area contributed by atoms with Crippen LogP contribution < -0.4 is 5.32 Å². The Kier molecular flexibility index (Phi) is 4.78. The smallest absolute Gasteiger partial charge is 0.317 e. The zero-order valence-electron chi connectivity index (χ0n) is 11.4. The molecule has 2 saturated heterocycles. The standard InChI is InChI=1S/C13H24N2O2S/c1-3-13(2)10-15(6-7-17-13)12(16)14-9-11-5-4-8-18-11/h11H,3-10H2,1-2H3,(H,14,16)/t11-,13+/m1/s1. The molecule has 1 N–H and O–H groups in total. The largest absolute Gasteiger partial charge is 0.372 e. The molecule has 2 amide bonds. The molecular weight excluding hydrogens is 248 g/mol. The van der Waals surface area contributed by atoms with Crippen LogP contribution in [-0.4, -0.2) is 53.8 Å². The molecule has 2 heterocycles. The number of carbonyl (C=O) groups is 1. The number of morpholine rings is 1. The lowest BCUT2D eigenvalue weighted by molar-refractivity contribution is -0.0872. The molecular formula is C13H24N2O2S. The lowest BCUT2D eigenvalue weighted by atomic mass is 10.0. The Morgan fingerprint density at radius 1 is 1.61 bits per heavy atom. The van der Waals surface area contributed by atoms with Crippen LogP contribution in [0.2, 0.25) is 0 Å². The van der Waals surface area contributed by atoms with E-state index in [-0.39, 0.29) is 11.6 Å². The van der Waals surface area contributed by atoms with Crippen molar-refractivity contribution >= 4 is 17.8 Å². The van der Waals surface area contributed by atoms with E-state index in [1.807, 2.05) is 16.7 Å². The molecule has 0 bridgehead atoms. The number of hydrogen-bond acceptors (Lipinski definition) is 3. The van der Waals surface area contributed by atoms with Gasteiger partial charge >= 0.3 is 6.03 Å². The third-order valence-electron chi connectivity index (χ3n) is 3.88. The fourth-order valence-corrected chi connectivity index (χ4v) is 3.64. The van der Waals surface area contributed by atoms with E-state index in [9.17, 15) is 4.79 Å². The van der Waals surface area contributed by atoms with Crippen LogP contribution in [0.15, 0.2) is 0 Å². The van der Waals surface area contributed by atoms with Crippen molar-refractivity contribution in [2.45, 2.75) is 44.0 Å². The Morgan fingerprint density at radius 3 is 3.11 bits per heavy atom. The van der Waals surface area contributed by atoms with Gasteiger partial charge in [-0.2, -0.15) is 11.8 Å². The summed E-state index contributed by atoms with van der Waals surface area (Å²) < 4.78 is 5.75. The zero-order chi connectivity index (χ0) is 13.0. The summed E-state index contributed by atoms with van der Waals surface area (Å²) in [7, 11) is 0. The summed E-state index contributed by atoms with van der Waals surface area (Å²) in [6, 6.07) is 0.0745. The van der Waals surface area contributed by atoms with E-state index in [0.29, 0.717) is 24.9 Å². The van der Waals surface area contributed by atoms with Crippen molar-refractivity contribution in [3.8, 4) is 0 Å². The number of carbonyl (C=O) groups excluding carboxylic acids is 1. The third kappa shape index (κ3) is 3.54. The highest BCUT2D eigenvalue weighted by Gasteiger charge is 2.32. The van der Waals surface area contributed by atoms with E-state index in [0.717, 1.165) is 13.0 Å². The minimum atomic E-state index is -0.169. The number of nitrogens with one attached hydrogen (secondary N) is 1. The highest BCUT2D eigenvalue weighted by Crippen LogP contribution is 2.25. The first-order valence-electron chi connectivity index (χ1n) is 6.91. The summed E-state index contributed by atoms with van der Waals surface area (Å²) in [6.07, 6.45) is 3.46. The van der Waals surface area contributed by atoms with Crippen LogP contribution in [0.25, 0.3) is 0 Å². The number of thioether (sulfide) groups is 1. The number of rotatable bonds is 3. The van der Waals surface area contributed by atoms with Gasteiger partial charge < -0.3 is 15.0 Å². The molecule has 2 atom stereocenters. The molecule has 5 heteroatoms. The summed E-state index contributed by atoms with van der Waals surface area (Å²) in [5.74, 6) is 1.24. The number of hydrogen-bond donors (Lipinski definition) is 1. The highest BCUT2D eigenvalue weighted by molar-refractivity contribution is 8.00. The van der Waals surface area contributed by atoms with Gasteiger partial charge in [0, 0.05) is 18.3 Å². The summed E-state index contributed by atoms with van der Waals surface area (Å²) in [6.45, 7) is 7.06. The average molecular weight is 272 g/mol. The van der Waals surface area contributed by atoms with Crippen molar-refractivity contribution in [1.29, 1.82) is 0 Å². The predicted octanol–water partition coefficient (Wildman–Crippen LogP) is 2.09. The van der Waals surface area contributed by atoms with Gasteiger partial charge in [-0.15, -0.1) is 0 Å². The monoisotopic (exact) mass is 272 g/mol. The van der Waals surface area contributed by atoms with Gasteiger partial charge in [0.15, 0.2) is 0 Å². The minimum Gasteiger partial charge on any atom is -0.372 e. The van der Waals surface area contributed by atoms with Gasteiger partial charge in [0.25, 0.3) is 0 Å². The predicted molar refractivity (Wildman–Crippen MR) is 75.1 cm³/mol. The van der Waals surface area contributed by atoms with Crippen LogP contribution in [0.4, 0.5) is 4.79 Å². The number of nitrogens with zero attached hydrogens (tertiary/aromatic N) is 1. The minimum absolute atomic E-state index is 0.0745. The van der Waals surface area contributed by atoms with E-state index >= 15 is 0 Å². The molecule has 0 aromatic heterocycles. The second-order valence-electron chi connectivity index (χ2n) is 5.39. The molecule has 2 aliphatic rings. The van der Waals surface area contributed by atoms with Gasteiger partial charge in [0.05, 0.1) is 18.8 Å². The van der Waals surface area contributed by atoms with Crippen LogP contribution >= 0.6 is 11.8 Å². The fourth-order valence-electron chi connectivity index (χ4n) is 2.44. The SMILES string of the molecule is CC[C@@]1(C)CN(C(=O)NC[C@H]2CCCS2)CCO1. The van der Waals surface area contributed by atoms with Crippen molar-refractivity contribution < 1.29 is 9.53 Å². The van der Waals surface area contributed by atoms with Crippen LogP contribution in [-0.2, 0) is 4.74 Å². The first kappa shape index (κ1) is 14.0. The van der Waals surface area contributed by atoms with E-state index in [1.54, 1.807) is 0 Å². The maximum absolute atomic E-state index is 12.1. The molecule has 104 valence electrons. The van der Waals surface area contributed by atoms with E-state index in [2.05, 4.69) is 19.2 Å². The Labute approximate surface area is 114 Å². The lowest BCUT2D eigenvalue weighted by Crippen LogP contribution is -2.55.